The van der Waals surface area contributed by atoms with E-state index >= 15 is 0 Å². The summed E-state index contributed by atoms with van der Waals surface area (Å²) in [6, 6.07) is -0.631. The summed E-state index contributed by atoms with van der Waals surface area (Å²) in [5.41, 5.74) is 0. The molecule has 0 aromatic carbocycles. The van der Waals surface area contributed by atoms with Gasteiger partial charge in [-0.05, 0) is 57.8 Å². The fourth-order valence-corrected chi connectivity index (χ4v) is 10.2. The second kappa shape index (κ2) is 61.9. The van der Waals surface area contributed by atoms with E-state index in [1.54, 1.807) is 6.08 Å². The van der Waals surface area contributed by atoms with Crippen LogP contribution in [-0.2, 0) is 14.3 Å². The largest absolute Gasteiger partial charge is 0.466 e. The van der Waals surface area contributed by atoms with Crippen LogP contribution in [0.3, 0.4) is 0 Å². The third-order valence-electron chi connectivity index (χ3n) is 15.2. The standard InChI is InChI=1S/C66H127NO5/c1-3-5-7-9-11-13-15-17-19-21-22-24-27-30-34-38-42-46-50-54-58-64(69)63(62-68)67-65(70)59-55-51-47-43-39-35-31-28-25-23-26-29-33-37-41-45-49-53-57-61-72-66(71)60-56-52-48-44-40-36-32-20-18-16-14-12-10-8-6-4-2/h20,32,54,58,63-64,68-69H,3-19,21-31,33-53,55-57,59-62H2,1-2H3,(H,67,70)/b32-20-,58-54+. The van der Waals surface area contributed by atoms with E-state index < -0.39 is 12.1 Å². The summed E-state index contributed by atoms with van der Waals surface area (Å²) in [5.74, 6) is -0.0660. The molecule has 0 aromatic rings. The number of carbonyl (C=O) groups excluding carboxylic acids is 2. The number of unbranched alkanes of at least 4 members (excludes halogenated alkanes) is 48. The van der Waals surface area contributed by atoms with Crippen LogP contribution >= 0.6 is 0 Å². The Kier molecular flexibility index (Phi) is 60.5. The molecule has 0 fully saturated rings. The van der Waals surface area contributed by atoms with Gasteiger partial charge in [0.15, 0.2) is 0 Å². The molecule has 0 saturated heterocycles. The number of aliphatic hydroxyl groups is 2. The topological polar surface area (TPSA) is 95.9 Å². The Morgan fingerprint density at radius 2 is 0.653 bits per heavy atom. The first-order chi connectivity index (χ1) is 35.5. The lowest BCUT2D eigenvalue weighted by molar-refractivity contribution is -0.143. The summed E-state index contributed by atoms with van der Waals surface area (Å²) in [4.78, 5) is 24.6. The number of rotatable bonds is 61. The highest BCUT2D eigenvalue weighted by Gasteiger charge is 2.18. The van der Waals surface area contributed by atoms with Gasteiger partial charge in [0.2, 0.25) is 5.91 Å². The quantitative estimate of drug-likeness (QED) is 0.0320. The van der Waals surface area contributed by atoms with Crippen molar-refractivity contribution in [2.24, 2.45) is 0 Å². The maximum absolute atomic E-state index is 12.5. The number of amides is 1. The van der Waals surface area contributed by atoms with Crippen molar-refractivity contribution in [1.82, 2.24) is 5.32 Å². The van der Waals surface area contributed by atoms with Crippen molar-refractivity contribution < 1.29 is 24.5 Å². The average molecular weight is 1010 g/mol. The molecule has 0 aliphatic rings. The van der Waals surface area contributed by atoms with E-state index in [0.717, 1.165) is 44.9 Å². The summed E-state index contributed by atoms with van der Waals surface area (Å²) in [7, 11) is 0. The number of esters is 1. The highest BCUT2D eigenvalue weighted by molar-refractivity contribution is 5.76. The predicted molar refractivity (Wildman–Crippen MR) is 315 cm³/mol. The first-order valence-corrected chi connectivity index (χ1v) is 32.6. The molecular formula is C66H127NO5. The van der Waals surface area contributed by atoms with Crippen LogP contribution in [0.1, 0.15) is 361 Å². The third-order valence-corrected chi connectivity index (χ3v) is 15.2. The van der Waals surface area contributed by atoms with E-state index in [4.69, 9.17) is 4.74 Å². The molecule has 6 nitrogen and oxygen atoms in total. The van der Waals surface area contributed by atoms with E-state index in [-0.39, 0.29) is 18.5 Å². The number of hydrogen-bond acceptors (Lipinski definition) is 5. The zero-order valence-electron chi connectivity index (χ0n) is 48.7. The van der Waals surface area contributed by atoms with E-state index in [1.165, 1.54) is 289 Å². The van der Waals surface area contributed by atoms with Crippen LogP contribution in [0.5, 0.6) is 0 Å². The van der Waals surface area contributed by atoms with Gasteiger partial charge in [0.25, 0.3) is 0 Å². The van der Waals surface area contributed by atoms with Crippen molar-refractivity contribution in [3.05, 3.63) is 24.3 Å². The van der Waals surface area contributed by atoms with Gasteiger partial charge in [-0.1, -0.05) is 314 Å². The van der Waals surface area contributed by atoms with Gasteiger partial charge in [-0.2, -0.15) is 0 Å². The minimum atomic E-state index is -0.847. The zero-order chi connectivity index (χ0) is 52.2. The van der Waals surface area contributed by atoms with Crippen LogP contribution in [0.25, 0.3) is 0 Å². The second-order valence-electron chi connectivity index (χ2n) is 22.5. The Morgan fingerprint density at radius 1 is 0.375 bits per heavy atom. The summed E-state index contributed by atoms with van der Waals surface area (Å²) in [5, 5.41) is 23.2. The molecule has 0 bridgehead atoms. The lowest BCUT2D eigenvalue weighted by atomic mass is 10.0. The van der Waals surface area contributed by atoms with Crippen LogP contribution in [0, 0.1) is 0 Å². The van der Waals surface area contributed by atoms with E-state index in [0.29, 0.717) is 19.4 Å². The molecule has 426 valence electrons. The first-order valence-electron chi connectivity index (χ1n) is 32.6. The first kappa shape index (κ1) is 70.3. The molecule has 0 spiro atoms. The molecule has 2 atom stereocenters. The summed E-state index contributed by atoms with van der Waals surface area (Å²) in [6.45, 7) is 4.92. The molecule has 6 heteroatoms. The van der Waals surface area contributed by atoms with Crippen molar-refractivity contribution in [3.63, 3.8) is 0 Å². The summed E-state index contributed by atoms with van der Waals surface area (Å²) < 4.78 is 5.49. The minimum Gasteiger partial charge on any atom is -0.466 e. The molecule has 0 saturated carbocycles. The maximum Gasteiger partial charge on any atom is 0.305 e. The van der Waals surface area contributed by atoms with Crippen LogP contribution in [0.15, 0.2) is 24.3 Å². The van der Waals surface area contributed by atoms with Gasteiger partial charge < -0.3 is 20.3 Å². The third kappa shape index (κ3) is 57.6. The Balaban J connectivity index is 3.43. The van der Waals surface area contributed by atoms with Crippen molar-refractivity contribution >= 4 is 11.9 Å². The van der Waals surface area contributed by atoms with Gasteiger partial charge in [0.05, 0.1) is 25.4 Å². The summed E-state index contributed by atoms with van der Waals surface area (Å²) >= 11 is 0. The average Bonchev–Trinajstić information content (AvgIpc) is 3.38. The number of nitrogens with one attached hydrogen (secondary N) is 1. The smallest absolute Gasteiger partial charge is 0.305 e. The highest BCUT2D eigenvalue weighted by atomic mass is 16.5. The monoisotopic (exact) mass is 1010 g/mol. The molecule has 0 heterocycles. The van der Waals surface area contributed by atoms with Gasteiger partial charge in [-0.3, -0.25) is 9.59 Å². The number of ether oxygens (including phenoxy) is 1. The molecule has 2 unspecified atom stereocenters. The molecule has 0 rings (SSSR count). The van der Waals surface area contributed by atoms with Gasteiger partial charge in [0, 0.05) is 12.8 Å². The normalized spacial score (nSPS) is 12.7. The molecule has 1 amide bonds. The van der Waals surface area contributed by atoms with E-state index in [1.807, 2.05) is 6.08 Å². The fraction of sp³-hybridized carbons (Fsp3) is 0.909. The molecule has 3 N–H and O–H groups in total. The fourth-order valence-electron chi connectivity index (χ4n) is 10.2. The van der Waals surface area contributed by atoms with Crippen molar-refractivity contribution in [3.8, 4) is 0 Å². The van der Waals surface area contributed by atoms with Gasteiger partial charge in [-0.15, -0.1) is 0 Å². The number of carbonyl (C=O) groups is 2. The second-order valence-corrected chi connectivity index (χ2v) is 22.5. The van der Waals surface area contributed by atoms with Crippen molar-refractivity contribution in [2.75, 3.05) is 13.2 Å². The predicted octanol–water partition coefficient (Wildman–Crippen LogP) is 20.6. The molecule has 0 aromatic heterocycles. The van der Waals surface area contributed by atoms with Crippen LogP contribution in [0.4, 0.5) is 0 Å². The molecule has 0 aliphatic heterocycles. The Labute approximate surface area is 450 Å². The molecule has 72 heavy (non-hydrogen) atoms. The Hall–Kier alpha value is -1.66. The molecule has 0 aliphatic carbocycles. The van der Waals surface area contributed by atoms with E-state index in [2.05, 4.69) is 31.3 Å². The Bertz CT molecular complexity index is 1120. The van der Waals surface area contributed by atoms with Crippen LogP contribution in [-0.4, -0.2) is 47.4 Å². The van der Waals surface area contributed by atoms with Crippen molar-refractivity contribution in [1.29, 1.82) is 0 Å². The van der Waals surface area contributed by atoms with Crippen LogP contribution in [0.2, 0.25) is 0 Å². The van der Waals surface area contributed by atoms with Gasteiger partial charge in [0.1, 0.15) is 0 Å². The van der Waals surface area contributed by atoms with Gasteiger partial charge >= 0.3 is 5.97 Å². The number of allylic oxidation sites excluding steroid dienone is 3. The molecule has 0 radical (unpaired) electrons. The van der Waals surface area contributed by atoms with Gasteiger partial charge in [-0.25, -0.2) is 0 Å². The maximum atomic E-state index is 12.5. The molecular weight excluding hydrogens is 887 g/mol. The van der Waals surface area contributed by atoms with E-state index in [9.17, 15) is 19.8 Å². The number of hydrogen-bond donors (Lipinski definition) is 3. The SMILES string of the molecule is CCCCCCCCC/C=C\CCCCCCCC(=O)OCCCCCCCCCCCCCCCCCCCCCC(=O)NC(CO)C(O)/C=C/CCCCCCCCCCCCCCCCCCCC. The van der Waals surface area contributed by atoms with Crippen molar-refractivity contribution in [2.45, 2.75) is 373 Å². The lowest BCUT2D eigenvalue weighted by Crippen LogP contribution is -2.45. The highest BCUT2D eigenvalue weighted by Crippen LogP contribution is 2.18. The Morgan fingerprint density at radius 3 is 0.986 bits per heavy atom. The zero-order valence-corrected chi connectivity index (χ0v) is 48.7. The number of aliphatic hydroxyl groups excluding tert-OH is 2. The minimum absolute atomic E-state index is 0.00163. The lowest BCUT2D eigenvalue weighted by Gasteiger charge is -2.20. The van der Waals surface area contributed by atoms with Crippen LogP contribution < -0.4 is 5.32 Å². The summed E-state index contributed by atoms with van der Waals surface area (Å²) in [6.07, 6.45) is 76.5.